The number of rotatable bonds is 0. The van der Waals surface area contributed by atoms with Crippen LogP contribution in [0.5, 0.6) is 0 Å². The summed E-state index contributed by atoms with van der Waals surface area (Å²) in [5.74, 6) is 0.800. The fourth-order valence-corrected chi connectivity index (χ4v) is 5.18. The lowest BCUT2D eigenvalue weighted by Gasteiger charge is -2.33. The number of hydrogen-bond donors (Lipinski definition) is 0. The van der Waals surface area contributed by atoms with Gasteiger partial charge in [-0.15, -0.1) is 11.3 Å². The third kappa shape index (κ3) is 1.86. The molecule has 2 nitrogen and oxygen atoms in total. The Bertz CT molecular complexity index is 657. The molecule has 2 heterocycles. The molecule has 4 rings (SSSR count). The third-order valence-electron chi connectivity index (χ3n) is 5.29. The van der Waals surface area contributed by atoms with E-state index in [2.05, 4.69) is 25.2 Å². The van der Waals surface area contributed by atoms with Gasteiger partial charge in [0.05, 0.1) is 5.69 Å². The molecule has 0 amide bonds. The van der Waals surface area contributed by atoms with Gasteiger partial charge in [-0.1, -0.05) is 20.8 Å². The van der Waals surface area contributed by atoms with Crippen LogP contribution in [0, 0.1) is 11.3 Å². The van der Waals surface area contributed by atoms with Crippen molar-refractivity contribution in [3.8, 4) is 0 Å². The van der Waals surface area contributed by atoms with Gasteiger partial charge in [0.2, 0.25) is 0 Å². The summed E-state index contributed by atoms with van der Waals surface area (Å²) < 4.78 is 2.55. The lowest BCUT2D eigenvalue weighted by atomic mass is 9.73. The summed E-state index contributed by atoms with van der Waals surface area (Å²) >= 11 is 1.95. The molecule has 0 aliphatic heterocycles. The van der Waals surface area contributed by atoms with Gasteiger partial charge in [0, 0.05) is 16.3 Å². The Balaban J connectivity index is 1.83. The first kappa shape index (κ1) is 12.9. The van der Waals surface area contributed by atoms with Gasteiger partial charge < -0.3 is 0 Å². The largest absolute Gasteiger partial charge is 0.291 e. The monoisotopic (exact) mass is 288 g/mol. The first-order valence-electron chi connectivity index (χ1n) is 8.05. The number of imidazole rings is 1. The Kier molecular flexibility index (Phi) is 2.79. The lowest BCUT2D eigenvalue weighted by molar-refractivity contribution is 0.213. The normalized spacial score (nSPS) is 22.9. The highest BCUT2D eigenvalue weighted by atomic mass is 32.1. The molecule has 2 aromatic rings. The van der Waals surface area contributed by atoms with Crippen LogP contribution < -0.4 is 0 Å². The fraction of sp³-hybridized carbons (Fsp3) is 0.706. The molecular formula is C17H24N2S. The molecule has 0 spiro atoms. The smallest absolute Gasteiger partial charge is 0.194 e. The minimum Gasteiger partial charge on any atom is -0.291 e. The van der Waals surface area contributed by atoms with Crippen LogP contribution in [-0.4, -0.2) is 9.38 Å². The van der Waals surface area contributed by atoms with Crippen LogP contribution in [-0.2, 0) is 25.7 Å². The van der Waals surface area contributed by atoms with Crippen molar-refractivity contribution in [2.24, 2.45) is 11.3 Å². The molecule has 3 heteroatoms. The molecule has 2 aromatic heterocycles. The first-order chi connectivity index (χ1) is 9.54. The molecule has 0 radical (unpaired) electrons. The van der Waals surface area contributed by atoms with Crippen molar-refractivity contribution in [1.82, 2.24) is 9.38 Å². The van der Waals surface area contributed by atoms with Gasteiger partial charge in [-0.2, -0.15) is 0 Å². The highest BCUT2D eigenvalue weighted by molar-refractivity contribution is 7.17. The molecule has 0 saturated heterocycles. The molecule has 20 heavy (non-hydrogen) atoms. The van der Waals surface area contributed by atoms with Crippen molar-refractivity contribution in [3.63, 3.8) is 0 Å². The standard InChI is InChI=1S/C17H24N2S/c1-17(2,3)11-8-9-12-14(10-11)19-13-6-4-5-7-15(13)20-16(19)18-12/h11H,4-10H2,1-3H3. The molecule has 0 aromatic carbocycles. The lowest BCUT2D eigenvalue weighted by Crippen LogP contribution is -2.27. The number of hydrogen-bond acceptors (Lipinski definition) is 2. The van der Waals surface area contributed by atoms with Crippen molar-refractivity contribution < 1.29 is 0 Å². The molecule has 2 aliphatic rings. The van der Waals surface area contributed by atoms with Gasteiger partial charge in [-0.05, 0) is 56.3 Å². The minimum absolute atomic E-state index is 0.415. The van der Waals surface area contributed by atoms with Gasteiger partial charge in [0.1, 0.15) is 0 Å². The van der Waals surface area contributed by atoms with Gasteiger partial charge >= 0.3 is 0 Å². The van der Waals surface area contributed by atoms with Crippen LogP contribution in [0.25, 0.3) is 4.96 Å². The quantitative estimate of drug-likeness (QED) is 0.701. The van der Waals surface area contributed by atoms with E-state index in [1.807, 2.05) is 11.3 Å². The number of nitrogens with zero attached hydrogens (tertiary/aromatic N) is 2. The van der Waals surface area contributed by atoms with Gasteiger partial charge in [0.25, 0.3) is 0 Å². The van der Waals surface area contributed by atoms with Gasteiger partial charge in [-0.3, -0.25) is 4.40 Å². The highest BCUT2D eigenvalue weighted by Crippen LogP contribution is 2.40. The molecule has 108 valence electrons. The minimum atomic E-state index is 0.415. The van der Waals surface area contributed by atoms with Gasteiger partial charge in [0.15, 0.2) is 4.96 Å². The van der Waals surface area contributed by atoms with E-state index in [9.17, 15) is 0 Å². The molecule has 1 atom stereocenters. The number of aryl methyl sites for hydroxylation is 3. The van der Waals surface area contributed by atoms with Crippen molar-refractivity contribution >= 4 is 16.3 Å². The summed E-state index contributed by atoms with van der Waals surface area (Å²) in [5.41, 5.74) is 4.95. The summed E-state index contributed by atoms with van der Waals surface area (Å²) in [4.78, 5) is 7.84. The molecule has 0 fully saturated rings. The maximum atomic E-state index is 4.96. The average Bonchev–Trinajstić information content (AvgIpc) is 2.91. The van der Waals surface area contributed by atoms with E-state index in [0.29, 0.717) is 5.41 Å². The Hall–Kier alpha value is -0.830. The Morgan fingerprint density at radius 2 is 1.90 bits per heavy atom. The summed E-state index contributed by atoms with van der Waals surface area (Å²) in [7, 11) is 0. The van der Waals surface area contributed by atoms with Crippen molar-refractivity contribution in [2.45, 2.75) is 65.7 Å². The van der Waals surface area contributed by atoms with E-state index < -0.39 is 0 Å². The Labute approximate surface area is 125 Å². The first-order valence-corrected chi connectivity index (χ1v) is 8.86. The van der Waals surface area contributed by atoms with E-state index in [0.717, 1.165) is 5.92 Å². The van der Waals surface area contributed by atoms with Crippen LogP contribution >= 0.6 is 11.3 Å². The second kappa shape index (κ2) is 4.33. The molecule has 0 saturated carbocycles. The predicted octanol–water partition coefficient (Wildman–Crippen LogP) is 4.43. The van der Waals surface area contributed by atoms with Crippen molar-refractivity contribution in [2.75, 3.05) is 0 Å². The van der Waals surface area contributed by atoms with E-state index in [1.54, 1.807) is 16.3 Å². The molecule has 0 N–H and O–H groups in total. The SMILES string of the molecule is CC(C)(C)C1CCc2nc3sc4c(n3c2C1)CCCC4. The highest BCUT2D eigenvalue weighted by Gasteiger charge is 2.32. The van der Waals surface area contributed by atoms with E-state index in [1.165, 1.54) is 55.6 Å². The average molecular weight is 288 g/mol. The summed E-state index contributed by atoms with van der Waals surface area (Å²) in [6.07, 6.45) is 8.98. The summed E-state index contributed by atoms with van der Waals surface area (Å²) in [6, 6.07) is 0. The number of fused-ring (bicyclic) bond motifs is 5. The van der Waals surface area contributed by atoms with Crippen molar-refractivity contribution in [1.29, 1.82) is 0 Å². The van der Waals surface area contributed by atoms with E-state index >= 15 is 0 Å². The molecule has 1 unspecified atom stereocenters. The molecule has 2 aliphatic carbocycles. The topological polar surface area (TPSA) is 17.3 Å². The summed E-state index contributed by atoms with van der Waals surface area (Å²) in [5, 5.41) is 0. The number of aromatic nitrogens is 2. The fourth-order valence-electron chi connectivity index (χ4n) is 3.93. The zero-order valence-electron chi connectivity index (χ0n) is 12.8. The molecular weight excluding hydrogens is 264 g/mol. The second-order valence-corrected chi connectivity index (χ2v) is 8.67. The number of thiazole rings is 1. The van der Waals surface area contributed by atoms with Crippen molar-refractivity contribution in [3.05, 3.63) is 22.0 Å². The van der Waals surface area contributed by atoms with E-state index in [4.69, 9.17) is 4.98 Å². The third-order valence-corrected chi connectivity index (χ3v) is 6.44. The van der Waals surface area contributed by atoms with E-state index in [-0.39, 0.29) is 0 Å². The Morgan fingerprint density at radius 3 is 2.70 bits per heavy atom. The van der Waals surface area contributed by atoms with Crippen LogP contribution in [0.15, 0.2) is 0 Å². The van der Waals surface area contributed by atoms with Crippen LogP contribution in [0.2, 0.25) is 0 Å². The second-order valence-electron chi connectivity index (χ2n) is 7.61. The van der Waals surface area contributed by atoms with Crippen LogP contribution in [0.3, 0.4) is 0 Å². The zero-order valence-corrected chi connectivity index (χ0v) is 13.6. The Morgan fingerprint density at radius 1 is 1.10 bits per heavy atom. The maximum absolute atomic E-state index is 4.96. The molecule has 0 bridgehead atoms. The van der Waals surface area contributed by atoms with Gasteiger partial charge in [-0.25, -0.2) is 4.98 Å². The predicted molar refractivity (Wildman–Crippen MR) is 84.7 cm³/mol. The van der Waals surface area contributed by atoms with Crippen LogP contribution in [0.4, 0.5) is 0 Å². The van der Waals surface area contributed by atoms with Crippen LogP contribution in [0.1, 0.15) is 62.0 Å². The maximum Gasteiger partial charge on any atom is 0.194 e. The summed E-state index contributed by atoms with van der Waals surface area (Å²) in [6.45, 7) is 7.18. The zero-order chi connectivity index (χ0) is 13.9.